The van der Waals surface area contributed by atoms with Crippen LogP contribution in [0.25, 0.3) is 0 Å². The van der Waals surface area contributed by atoms with Crippen molar-refractivity contribution in [3.63, 3.8) is 0 Å². The number of carbonyl (C=O) groups is 3. The molecule has 1 aromatic rings. The van der Waals surface area contributed by atoms with Gasteiger partial charge in [-0.2, -0.15) is 11.8 Å². The van der Waals surface area contributed by atoms with Gasteiger partial charge in [0.05, 0.1) is 12.0 Å². The number of rotatable bonds is 10. The number of nitrogens with one attached hydrogen (secondary N) is 2. The van der Waals surface area contributed by atoms with Crippen molar-refractivity contribution in [2.45, 2.75) is 18.9 Å². The Morgan fingerprint density at radius 1 is 1.27 bits per heavy atom. The van der Waals surface area contributed by atoms with E-state index in [0.29, 0.717) is 12.2 Å². The number of non-ortho nitro benzene ring substituents is 1. The van der Waals surface area contributed by atoms with Crippen LogP contribution >= 0.6 is 11.8 Å². The first kappa shape index (κ1) is 21.4. The van der Waals surface area contributed by atoms with Gasteiger partial charge in [-0.15, -0.1) is 0 Å². The summed E-state index contributed by atoms with van der Waals surface area (Å²) in [7, 11) is 1.25. The highest BCUT2D eigenvalue weighted by atomic mass is 32.2. The summed E-state index contributed by atoms with van der Waals surface area (Å²) < 4.78 is 4.66. The van der Waals surface area contributed by atoms with Crippen molar-refractivity contribution in [1.29, 1.82) is 0 Å². The van der Waals surface area contributed by atoms with E-state index in [1.54, 1.807) is 11.8 Å². The Hall–Kier alpha value is -2.62. The second kappa shape index (κ2) is 11.1. The molecule has 2 amide bonds. The maximum Gasteiger partial charge on any atom is 0.328 e. The van der Waals surface area contributed by atoms with E-state index >= 15 is 0 Å². The molecule has 0 fully saturated rings. The van der Waals surface area contributed by atoms with Crippen LogP contribution in [0.1, 0.15) is 23.2 Å². The Balaban J connectivity index is 2.45. The van der Waals surface area contributed by atoms with Crippen LogP contribution in [0.15, 0.2) is 24.3 Å². The van der Waals surface area contributed by atoms with E-state index in [9.17, 15) is 24.5 Å². The van der Waals surface area contributed by atoms with E-state index in [1.165, 1.54) is 31.4 Å². The molecule has 0 spiro atoms. The largest absolute Gasteiger partial charge is 0.467 e. The Kier molecular flexibility index (Phi) is 9.13. The molecule has 0 saturated carbocycles. The zero-order valence-electron chi connectivity index (χ0n) is 14.5. The zero-order chi connectivity index (χ0) is 19.5. The van der Waals surface area contributed by atoms with E-state index in [1.807, 2.05) is 6.26 Å². The molecule has 1 aromatic carbocycles. The van der Waals surface area contributed by atoms with Gasteiger partial charge in [-0.1, -0.05) is 0 Å². The van der Waals surface area contributed by atoms with Gasteiger partial charge in [0.25, 0.3) is 11.6 Å². The monoisotopic (exact) mass is 383 g/mol. The lowest BCUT2D eigenvalue weighted by Gasteiger charge is -2.16. The number of amides is 2. The highest BCUT2D eigenvalue weighted by Crippen LogP contribution is 2.11. The quantitative estimate of drug-likeness (QED) is 0.352. The Morgan fingerprint density at radius 3 is 2.46 bits per heavy atom. The van der Waals surface area contributed by atoms with E-state index in [-0.39, 0.29) is 30.1 Å². The van der Waals surface area contributed by atoms with Crippen molar-refractivity contribution in [3.8, 4) is 0 Å². The lowest BCUT2D eigenvalue weighted by molar-refractivity contribution is -0.384. The fourth-order valence-corrected chi connectivity index (χ4v) is 2.49. The molecule has 1 unspecified atom stereocenters. The Morgan fingerprint density at radius 2 is 1.92 bits per heavy atom. The SMILES string of the molecule is COC(=O)C(CCSC)NC(=O)CCNC(=O)c1ccc([N+](=O)[O-])cc1. The number of esters is 1. The number of nitro groups is 1. The number of carbonyl (C=O) groups excluding carboxylic acids is 3. The molecule has 0 bridgehead atoms. The topological polar surface area (TPSA) is 128 Å². The first-order valence-corrected chi connectivity index (χ1v) is 9.17. The van der Waals surface area contributed by atoms with E-state index in [2.05, 4.69) is 15.4 Å². The molecule has 26 heavy (non-hydrogen) atoms. The van der Waals surface area contributed by atoms with Gasteiger partial charge in [0, 0.05) is 30.7 Å². The maximum atomic E-state index is 11.9. The maximum absolute atomic E-state index is 11.9. The van der Waals surface area contributed by atoms with Gasteiger partial charge in [0.1, 0.15) is 6.04 Å². The predicted octanol–water partition coefficient (Wildman–Crippen LogP) is 1.13. The molecule has 1 rings (SSSR count). The average molecular weight is 383 g/mol. The van der Waals surface area contributed by atoms with Crippen molar-refractivity contribution in [3.05, 3.63) is 39.9 Å². The molecular formula is C16H21N3O6S. The number of hydrogen-bond donors (Lipinski definition) is 2. The van der Waals surface area contributed by atoms with Gasteiger partial charge < -0.3 is 15.4 Å². The number of nitro benzene ring substituents is 1. The van der Waals surface area contributed by atoms with Gasteiger partial charge in [-0.05, 0) is 30.6 Å². The molecule has 10 heteroatoms. The van der Waals surface area contributed by atoms with Crippen LogP contribution in [-0.4, -0.2) is 54.4 Å². The molecule has 0 saturated heterocycles. The van der Waals surface area contributed by atoms with Gasteiger partial charge in [-0.25, -0.2) is 4.79 Å². The molecule has 0 aliphatic carbocycles. The minimum atomic E-state index is -0.717. The fraction of sp³-hybridized carbons (Fsp3) is 0.438. The zero-order valence-corrected chi connectivity index (χ0v) is 15.3. The number of ether oxygens (including phenoxy) is 1. The second-order valence-corrected chi connectivity index (χ2v) is 6.22. The normalized spacial score (nSPS) is 11.3. The Bertz CT molecular complexity index is 650. The van der Waals surface area contributed by atoms with E-state index in [4.69, 9.17) is 0 Å². The molecule has 2 N–H and O–H groups in total. The summed E-state index contributed by atoms with van der Waals surface area (Å²) >= 11 is 1.55. The molecule has 0 aliphatic rings. The minimum absolute atomic E-state index is 0.00845. The smallest absolute Gasteiger partial charge is 0.328 e. The second-order valence-electron chi connectivity index (χ2n) is 5.23. The number of thioether (sulfide) groups is 1. The van der Waals surface area contributed by atoms with Crippen molar-refractivity contribution < 1.29 is 24.0 Å². The van der Waals surface area contributed by atoms with Gasteiger partial charge in [0.15, 0.2) is 0 Å². The van der Waals surface area contributed by atoms with Crippen LogP contribution in [0.2, 0.25) is 0 Å². The third-order valence-electron chi connectivity index (χ3n) is 3.41. The van der Waals surface area contributed by atoms with Crippen molar-refractivity contribution >= 4 is 35.2 Å². The molecule has 0 aromatic heterocycles. The Labute approximate surface area is 155 Å². The van der Waals surface area contributed by atoms with Crippen molar-refractivity contribution in [2.24, 2.45) is 0 Å². The molecular weight excluding hydrogens is 362 g/mol. The van der Waals surface area contributed by atoms with Crippen LogP contribution in [0.3, 0.4) is 0 Å². The van der Waals surface area contributed by atoms with Gasteiger partial charge in [0.2, 0.25) is 5.91 Å². The fourth-order valence-electron chi connectivity index (χ4n) is 2.02. The van der Waals surface area contributed by atoms with Crippen LogP contribution < -0.4 is 10.6 Å². The third kappa shape index (κ3) is 7.09. The van der Waals surface area contributed by atoms with E-state index in [0.717, 1.165) is 0 Å². The van der Waals surface area contributed by atoms with Gasteiger partial charge >= 0.3 is 5.97 Å². The van der Waals surface area contributed by atoms with Gasteiger partial charge in [-0.3, -0.25) is 19.7 Å². The lowest BCUT2D eigenvalue weighted by atomic mass is 10.2. The summed E-state index contributed by atoms with van der Waals surface area (Å²) in [6, 6.07) is 4.42. The molecule has 9 nitrogen and oxygen atoms in total. The predicted molar refractivity (Wildman–Crippen MR) is 97.0 cm³/mol. The average Bonchev–Trinajstić information content (AvgIpc) is 2.64. The lowest BCUT2D eigenvalue weighted by Crippen LogP contribution is -2.43. The molecule has 1 atom stereocenters. The number of hydrogen-bond acceptors (Lipinski definition) is 7. The summed E-state index contributed by atoms with van der Waals surface area (Å²) in [6.45, 7) is 0.0675. The summed E-state index contributed by atoms with van der Waals surface area (Å²) in [5.41, 5.74) is 0.142. The van der Waals surface area contributed by atoms with Crippen molar-refractivity contribution in [2.75, 3.05) is 25.7 Å². The van der Waals surface area contributed by atoms with E-state index < -0.39 is 22.8 Å². The molecule has 0 aliphatic heterocycles. The highest BCUT2D eigenvalue weighted by Gasteiger charge is 2.20. The number of nitrogens with zero attached hydrogens (tertiary/aromatic N) is 1. The number of methoxy groups -OCH3 is 1. The standard InChI is InChI=1S/C16H21N3O6S/c1-25-16(22)13(8-10-26-2)18-14(20)7-9-17-15(21)11-3-5-12(6-4-11)19(23)24/h3-6,13H,7-10H2,1-2H3,(H,17,21)(H,18,20). The summed E-state index contributed by atoms with van der Waals surface area (Å²) in [4.78, 5) is 45.5. The summed E-state index contributed by atoms with van der Waals surface area (Å²) in [6.07, 6.45) is 2.34. The van der Waals surface area contributed by atoms with Crippen LogP contribution in [0, 0.1) is 10.1 Å². The summed E-state index contributed by atoms with van der Waals surface area (Å²) in [5, 5.41) is 15.7. The highest BCUT2D eigenvalue weighted by molar-refractivity contribution is 7.98. The first-order valence-electron chi connectivity index (χ1n) is 7.77. The van der Waals surface area contributed by atoms with Crippen LogP contribution in [0.5, 0.6) is 0 Å². The minimum Gasteiger partial charge on any atom is -0.467 e. The molecule has 0 heterocycles. The number of benzene rings is 1. The molecule has 0 radical (unpaired) electrons. The van der Waals surface area contributed by atoms with Crippen LogP contribution in [-0.2, 0) is 14.3 Å². The third-order valence-corrected chi connectivity index (χ3v) is 4.05. The molecule has 142 valence electrons. The summed E-state index contributed by atoms with van der Waals surface area (Å²) in [5.74, 6) is -0.649. The van der Waals surface area contributed by atoms with Crippen LogP contribution in [0.4, 0.5) is 5.69 Å². The first-order chi connectivity index (χ1) is 12.4. The van der Waals surface area contributed by atoms with Crippen molar-refractivity contribution in [1.82, 2.24) is 10.6 Å².